The molecular formula is C15H12Cl3FO2. The molecule has 2 aromatic carbocycles. The Morgan fingerprint density at radius 3 is 2.33 bits per heavy atom. The first-order chi connectivity index (χ1) is 9.77. The number of methoxy groups -OCH3 is 1. The van der Waals surface area contributed by atoms with Gasteiger partial charge in [-0.3, -0.25) is 0 Å². The Morgan fingerprint density at radius 1 is 1.05 bits per heavy atom. The third-order valence-corrected chi connectivity index (χ3v) is 4.06. The molecule has 0 heterocycles. The molecule has 1 atom stereocenters. The lowest BCUT2D eigenvalue weighted by molar-refractivity contribution is 0.0987. The molecule has 0 aliphatic carbocycles. The lowest BCUT2D eigenvalue weighted by Gasteiger charge is -2.27. The summed E-state index contributed by atoms with van der Waals surface area (Å²) in [5, 5.41) is 11.3. The van der Waals surface area contributed by atoms with E-state index in [1.54, 1.807) is 18.2 Å². The molecule has 6 heteroatoms. The van der Waals surface area contributed by atoms with Crippen LogP contribution in [0, 0.1) is 5.82 Å². The van der Waals surface area contributed by atoms with Crippen molar-refractivity contribution in [2.45, 2.75) is 12.5 Å². The van der Waals surface area contributed by atoms with E-state index in [9.17, 15) is 9.50 Å². The molecule has 0 spiro atoms. The fourth-order valence-electron chi connectivity index (χ4n) is 2.10. The van der Waals surface area contributed by atoms with Gasteiger partial charge in [-0.15, -0.1) is 0 Å². The molecule has 0 bridgehead atoms. The highest BCUT2D eigenvalue weighted by Crippen LogP contribution is 2.41. The van der Waals surface area contributed by atoms with Crippen molar-refractivity contribution < 1.29 is 14.2 Å². The summed E-state index contributed by atoms with van der Waals surface area (Å²) in [6, 6.07) is 7.14. The lowest BCUT2D eigenvalue weighted by Crippen LogP contribution is -2.24. The van der Waals surface area contributed by atoms with Gasteiger partial charge in [0.2, 0.25) is 0 Å². The Morgan fingerprint density at radius 2 is 1.71 bits per heavy atom. The molecule has 0 aromatic heterocycles. The highest BCUT2D eigenvalue weighted by Gasteiger charge is 2.32. The van der Waals surface area contributed by atoms with E-state index in [1.165, 1.54) is 20.1 Å². The lowest BCUT2D eigenvalue weighted by atomic mass is 9.87. The smallest absolute Gasteiger partial charge is 0.142 e. The third-order valence-electron chi connectivity index (χ3n) is 3.22. The van der Waals surface area contributed by atoms with Gasteiger partial charge < -0.3 is 9.84 Å². The Kier molecular flexibility index (Phi) is 4.69. The van der Waals surface area contributed by atoms with Gasteiger partial charge in [-0.2, -0.15) is 0 Å². The van der Waals surface area contributed by atoms with Crippen molar-refractivity contribution in [3.05, 3.63) is 62.3 Å². The van der Waals surface area contributed by atoms with Crippen molar-refractivity contribution in [3.8, 4) is 5.75 Å². The first-order valence-corrected chi connectivity index (χ1v) is 7.12. The molecule has 2 nitrogen and oxygen atoms in total. The average Bonchev–Trinajstić information content (AvgIpc) is 2.42. The fraction of sp³-hybridized carbons (Fsp3) is 0.200. The van der Waals surface area contributed by atoms with Crippen LogP contribution >= 0.6 is 34.8 Å². The number of hydrogen-bond acceptors (Lipinski definition) is 2. The normalized spacial score (nSPS) is 13.9. The summed E-state index contributed by atoms with van der Waals surface area (Å²) in [6.45, 7) is 1.48. The molecule has 112 valence electrons. The molecule has 0 aliphatic heterocycles. The van der Waals surface area contributed by atoms with Gasteiger partial charge in [-0.25, -0.2) is 4.39 Å². The zero-order chi connectivity index (χ0) is 15.8. The van der Waals surface area contributed by atoms with Gasteiger partial charge in [0.15, 0.2) is 0 Å². The number of ether oxygens (including phenoxy) is 1. The van der Waals surface area contributed by atoms with E-state index in [2.05, 4.69) is 0 Å². The minimum Gasteiger partial charge on any atom is -0.496 e. The molecule has 0 saturated heterocycles. The van der Waals surface area contributed by atoms with Crippen LogP contribution in [-0.4, -0.2) is 12.2 Å². The minimum atomic E-state index is -1.60. The number of halogens is 4. The minimum absolute atomic E-state index is 0.113. The first kappa shape index (κ1) is 16.4. The van der Waals surface area contributed by atoms with Crippen LogP contribution < -0.4 is 4.74 Å². The average molecular weight is 350 g/mol. The second-order valence-corrected chi connectivity index (χ2v) is 5.91. The van der Waals surface area contributed by atoms with Gasteiger partial charge in [0, 0.05) is 21.2 Å². The van der Waals surface area contributed by atoms with Gasteiger partial charge in [0.05, 0.1) is 12.1 Å². The summed E-state index contributed by atoms with van der Waals surface area (Å²) in [5.41, 5.74) is -1.05. The quantitative estimate of drug-likeness (QED) is 0.786. The van der Waals surface area contributed by atoms with Crippen LogP contribution in [0.4, 0.5) is 4.39 Å². The van der Waals surface area contributed by atoms with Crippen molar-refractivity contribution in [1.29, 1.82) is 0 Å². The van der Waals surface area contributed by atoms with Crippen molar-refractivity contribution >= 4 is 34.8 Å². The van der Waals surface area contributed by atoms with Gasteiger partial charge in [0.25, 0.3) is 0 Å². The molecule has 0 saturated carbocycles. The van der Waals surface area contributed by atoms with E-state index in [0.29, 0.717) is 16.3 Å². The number of hydrogen-bond donors (Lipinski definition) is 1. The van der Waals surface area contributed by atoms with E-state index < -0.39 is 11.4 Å². The van der Waals surface area contributed by atoms with E-state index in [-0.39, 0.29) is 15.6 Å². The summed E-state index contributed by atoms with van der Waals surface area (Å²) in [5.74, 6) is -0.256. The third kappa shape index (κ3) is 3.11. The maximum absolute atomic E-state index is 13.7. The summed E-state index contributed by atoms with van der Waals surface area (Å²) < 4.78 is 18.9. The van der Waals surface area contributed by atoms with Gasteiger partial charge >= 0.3 is 0 Å². The Balaban J connectivity index is 2.67. The summed E-state index contributed by atoms with van der Waals surface area (Å²) in [7, 11) is 1.47. The van der Waals surface area contributed by atoms with Gasteiger partial charge in [-0.1, -0.05) is 34.8 Å². The maximum Gasteiger partial charge on any atom is 0.142 e. The highest BCUT2D eigenvalue weighted by atomic mass is 35.5. The molecule has 0 amide bonds. The molecule has 1 N–H and O–H groups in total. The predicted octanol–water partition coefficient (Wildman–Crippen LogP) is 5.05. The largest absolute Gasteiger partial charge is 0.496 e. The SMILES string of the molecule is COc1ccc(Cl)cc1C(C)(O)c1cc(F)c(Cl)cc1Cl. The van der Waals surface area contributed by atoms with Crippen LogP contribution in [0.5, 0.6) is 5.75 Å². The van der Waals surface area contributed by atoms with E-state index in [1.807, 2.05) is 0 Å². The molecule has 21 heavy (non-hydrogen) atoms. The van der Waals surface area contributed by atoms with Crippen LogP contribution in [0.3, 0.4) is 0 Å². The van der Waals surface area contributed by atoms with Crippen LogP contribution in [0.15, 0.2) is 30.3 Å². The molecule has 0 aliphatic rings. The van der Waals surface area contributed by atoms with Gasteiger partial charge in [-0.05, 0) is 37.3 Å². The Bertz CT molecular complexity index is 687. The maximum atomic E-state index is 13.7. The predicted molar refractivity (Wildman–Crippen MR) is 83.1 cm³/mol. The molecule has 0 radical (unpaired) electrons. The Labute approximate surface area is 137 Å². The standard InChI is InChI=1S/C15H12Cl3FO2/c1-15(20,9-6-13(19)12(18)7-11(9)17)10-5-8(16)3-4-14(10)21-2/h3-7,20H,1-2H3. The highest BCUT2D eigenvalue weighted by molar-refractivity contribution is 6.35. The fourth-order valence-corrected chi connectivity index (χ4v) is 2.84. The monoisotopic (exact) mass is 348 g/mol. The first-order valence-electron chi connectivity index (χ1n) is 5.98. The van der Waals surface area contributed by atoms with Crippen molar-refractivity contribution in [3.63, 3.8) is 0 Å². The van der Waals surface area contributed by atoms with Crippen molar-refractivity contribution in [1.82, 2.24) is 0 Å². The molecule has 0 fully saturated rings. The second-order valence-electron chi connectivity index (χ2n) is 4.66. The van der Waals surface area contributed by atoms with Crippen LogP contribution in [0.1, 0.15) is 18.1 Å². The number of benzene rings is 2. The molecule has 1 unspecified atom stereocenters. The summed E-state index contributed by atoms with van der Waals surface area (Å²) >= 11 is 17.7. The van der Waals surface area contributed by atoms with E-state index >= 15 is 0 Å². The van der Waals surface area contributed by atoms with Gasteiger partial charge in [0.1, 0.15) is 17.2 Å². The zero-order valence-electron chi connectivity index (χ0n) is 11.3. The topological polar surface area (TPSA) is 29.5 Å². The molecule has 2 aromatic rings. The number of rotatable bonds is 3. The van der Waals surface area contributed by atoms with Crippen LogP contribution in [0.25, 0.3) is 0 Å². The Hall–Kier alpha value is -1.00. The van der Waals surface area contributed by atoms with Crippen molar-refractivity contribution in [2.75, 3.05) is 7.11 Å². The molecular weight excluding hydrogens is 338 g/mol. The van der Waals surface area contributed by atoms with Crippen molar-refractivity contribution in [2.24, 2.45) is 0 Å². The van der Waals surface area contributed by atoms with Crippen LogP contribution in [-0.2, 0) is 5.60 Å². The van der Waals surface area contributed by atoms with E-state index in [4.69, 9.17) is 39.5 Å². The zero-order valence-corrected chi connectivity index (χ0v) is 13.5. The molecule has 2 rings (SSSR count). The number of aliphatic hydroxyl groups is 1. The second kappa shape index (κ2) is 6.01. The summed E-state index contributed by atoms with van der Waals surface area (Å²) in [6.07, 6.45) is 0. The van der Waals surface area contributed by atoms with Crippen LogP contribution in [0.2, 0.25) is 15.1 Å². The van der Waals surface area contributed by atoms with E-state index in [0.717, 1.165) is 6.07 Å². The summed E-state index contributed by atoms with van der Waals surface area (Å²) in [4.78, 5) is 0.